The summed E-state index contributed by atoms with van der Waals surface area (Å²) in [6.07, 6.45) is 3.48. The first kappa shape index (κ1) is 14.6. The Morgan fingerprint density at radius 2 is 1.90 bits per heavy atom. The molecule has 2 amide bonds. The average Bonchev–Trinajstić information content (AvgIpc) is 3.24. The molecule has 0 spiro atoms. The second kappa shape index (κ2) is 6.55. The van der Waals surface area contributed by atoms with Gasteiger partial charge in [-0.05, 0) is 37.0 Å². The van der Waals surface area contributed by atoms with Gasteiger partial charge in [0.25, 0.3) is 0 Å². The van der Waals surface area contributed by atoms with Crippen molar-refractivity contribution >= 4 is 17.5 Å². The number of nitrogens with one attached hydrogen (secondary N) is 1. The molecule has 108 valence electrons. The molecule has 4 heteroatoms. The quantitative estimate of drug-likeness (QED) is 0.866. The number of hydrogen-bond donors (Lipinski definition) is 1. The summed E-state index contributed by atoms with van der Waals surface area (Å²) >= 11 is 0. The average molecular weight is 274 g/mol. The fraction of sp³-hybridized carbons (Fsp3) is 0.500. The van der Waals surface area contributed by atoms with E-state index in [-0.39, 0.29) is 11.8 Å². The summed E-state index contributed by atoms with van der Waals surface area (Å²) in [4.78, 5) is 25.2. The van der Waals surface area contributed by atoms with E-state index in [0.29, 0.717) is 19.0 Å². The van der Waals surface area contributed by atoms with Crippen LogP contribution in [0.2, 0.25) is 0 Å². The van der Waals surface area contributed by atoms with Gasteiger partial charge in [-0.15, -0.1) is 0 Å². The minimum Gasteiger partial charge on any atom is -0.339 e. The van der Waals surface area contributed by atoms with Gasteiger partial charge in [0.2, 0.25) is 11.8 Å². The summed E-state index contributed by atoms with van der Waals surface area (Å²) in [6, 6.07) is 8.23. The van der Waals surface area contributed by atoms with E-state index >= 15 is 0 Å². The maximum absolute atomic E-state index is 11.9. The van der Waals surface area contributed by atoms with Crippen molar-refractivity contribution in [1.82, 2.24) is 4.90 Å². The number of carbonyl (C=O) groups is 2. The van der Waals surface area contributed by atoms with Gasteiger partial charge in [-0.25, -0.2) is 0 Å². The van der Waals surface area contributed by atoms with Crippen molar-refractivity contribution in [1.29, 1.82) is 0 Å². The van der Waals surface area contributed by atoms with Gasteiger partial charge in [-0.2, -0.15) is 0 Å². The predicted molar refractivity (Wildman–Crippen MR) is 79.5 cm³/mol. The van der Waals surface area contributed by atoms with Crippen LogP contribution >= 0.6 is 0 Å². The molecule has 1 N–H and O–H groups in total. The zero-order chi connectivity index (χ0) is 14.5. The zero-order valence-corrected chi connectivity index (χ0v) is 12.2. The van der Waals surface area contributed by atoms with Gasteiger partial charge in [0.05, 0.1) is 0 Å². The van der Waals surface area contributed by atoms with E-state index in [1.54, 1.807) is 11.8 Å². The number of benzene rings is 1. The van der Waals surface area contributed by atoms with Crippen molar-refractivity contribution in [3.05, 3.63) is 29.8 Å². The molecule has 1 fully saturated rings. The predicted octanol–water partition coefficient (Wildman–Crippen LogP) is 2.59. The molecule has 0 aromatic heterocycles. The van der Waals surface area contributed by atoms with Gasteiger partial charge < -0.3 is 10.2 Å². The van der Waals surface area contributed by atoms with Crippen LogP contribution in [0.15, 0.2) is 24.3 Å². The van der Waals surface area contributed by atoms with Crippen LogP contribution in [-0.4, -0.2) is 29.3 Å². The molecule has 1 aliphatic rings. The lowest BCUT2D eigenvalue weighted by atomic mass is 10.1. The molecule has 2 rings (SSSR count). The van der Waals surface area contributed by atoms with Crippen molar-refractivity contribution in [3.63, 3.8) is 0 Å². The molecule has 0 bridgehead atoms. The van der Waals surface area contributed by atoms with E-state index in [9.17, 15) is 9.59 Å². The SMILES string of the molecule is CCc1ccc(NC(=O)CCN(C(C)=O)C2CC2)cc1. The highest BCUT2D eigenvalue weighted by molar-refractivity contribution is 5.91. The number of carbonyl (C=O) groups excluding carboxylic acids is 2. The highest BCUT2D eigenvalue weighted by Gasteiger charge is 2.30. The van der Waals surface area contributed by atoms with Gasteiger partial charge in [-0.3, -0.25) is 9.59 Å². The van der Waals surface area contributed by atoms with Crippen molar-refractivity contribution in [3.8, 4) is 0 Å². The molecule has 20 heavy (non-hydrogen) atoms. The molecule has 1 saturated carbocycles. The lowest BCUT2D eigenvalue weighted by Gasteiger charge is -2.20. The molecule has 0 heterocycles. The molecule has 0 atom stereocenters. The Morgan fingerprint density at radius 1 is 1.25 bits per heavy atom. The summed E-state index contributed by atoms with van der Waals surface area (Å²) in [5, 5.41) is 2.87. The topological polar surface area (TPSA) is 49.4 Å². The summed E-state index contributed by atoms with van der Waals surface area (Å²) in [7, 11) is 0. The number of amides is 2. The fourth-order valence-electron chi connectivity index (χ4n) is 2.25. The Bertz CT molecular complexity index is 478. The highest BCUT2D eigenvalue weighted by Crippen LogP contribution is 2.26. The number of anilines is 1. The van der Waals surface area contributed by atoms with Crippen LogP contribution in [0.25, 0.3) is 0 Å². The van der Waals surface area contributed by atoms with E-state index in [1.165, 1.54) is 5.56 Å². The third-order valence-corrected chi connectivity index (χ3v) is 3.62. The molecule has 1 aromatic carbocycles. The molecule has 4 nitrogen and oxygen atoms in total. The third kappa shape index (κ3) is 4.08. The summed E-state index contributed by atoms with van der Waals surface area (Å²) in [5.41, 5.74) is 2.06. The number of nitrogens with zero attached hydrogens (tertiary/aromatic N) is 1. The van der Waals surface area contributed by atoms with Crippen molar-refractivity contribution in [2.75, 3.05) is 11.9 Å². The Labute approximate surface area is 120 Å². The van der Waals surface area contributed by atoms with Crippen LogP contribution in [0.1, 0.15) is 38.7 Å². The lowest BCUT2D eigenvalue weighted by molar-refractivity contribution is -0.129. The minimum atomic E-state index is -0.0406. The molecule has 0 saturated heterocycles. The van der Waals surface area contributed by atoms with Crippen LogP contribution in [0.5, 0.6) is 0 Å². The second-order valence-electron chi connectivity index (χ2n) is 5.29. The zero-order valence-electron chi connectivity index (χ0n) is 12.2. The third-order valence-electron chi connectivity index (χ3n) is 3.62. The largest absolute Gasteiger partial charge is 0.339 e. The van der Waals surface area contributed by atoms with Gasteiger partial charge in [0, 0.05) is 31.6 Å². The molecular formula is C16H22N2O2. The molecule has 1 aromatic rings. The summed E-state index contributed by atoms with van der Waals surface area (Å²) in [6.45, 7) is 4.18. The summed E-state index contributed by atoms with van der Waals surface area (Å²) < 4.78 is 0. The Hall–Kier alpha value is -1.84. The highest BCUT2D eigenvalue weighted by atomic mass is 16.2. The monoisotopic (exact) mass is 274 g/mol. The normalized spacial score (nSPS) is 13.9. The van der Waals surface area contributed by atoms with E-state index in [2.05, 4.69) is 12.2 Å². The lowest BCUT2D eigenvalue weighted by Crippen LogP contribution is -2.33. The number of aryl methyl sites for hydroxylation is 1. The van der Waals surface area contributed by atoms with Crippen LogP contribution < -0.4 is 5.32 Å². The molecule has 0 radical (unpaired) electrons. The second-order valence-corrected chi connectivity index (χ2v) is 5.29. The standard InChI is InChI=1S/C16H22N2O2/c1-3-13-4-6-14(7-5-13)17-16(20)10-11-18(12(2)19)15-8-9-15/h4-7,15H,3,8-11H2,1-2H3,(H,17,20). The first-order chi connectivity index (χ1) is 9.60. The maximum Gasteiger partial charge on any atom is 0.226 e. The van der Waals surface area contributed by atoms with Gasteiger partial charge >= 0.3 is 0 Å². The number of hydrogen-bond acceptors (Lipinski definition) is 2. The molecule has 0 unspecified atom stereocenters. The van der Waals surface area contributed by atoms with Crippen LogP contribution in [0.3, 0.4) is 0 Å². The van der Waals surface area contributed by atoms with E-state index < -0.39 is 0 Å². The summed E-state index contributed by atoms with van der Waals surface area (Å²) in [5.74, 6) is 0.0220. The maximum atomic E-state index is 11.9. The van der Waals surface area contributed by atoms with Crippen molar-refractivity contribution in [2.24, 2.45) is 0 Å². The van der Waals surface area contributed by atoms with E-state index in [1.807, 2.05) is 24.3 Å². The first-order valence-corrected chi connectivity index (χ1v) is 7.26. The Kier molecular flexibility index (Phi) is 4.77. The smallest absolute Gasteiger partial charge is 0.226 e. The molecule has 1 aliphatic carbocycles. The van der Waals surface area contributed by atoms with E-state index in [4.69, 9.17) is 0 Å². The molecule has 0 aliphatic heterocycles. The fourth-order valence-corrected chi connectivity index (χ4v) is 2.25. The van der Waals surface area contributed by atoms with Gasteiger partial charge in [0.15, 0.2) is 0 Å². The Balaban J connectivity index is 1.80. The first-order valence-electron chi connectivity index (χ1n) is 7.26. The van der Waals surface area contributed by atoms with E-state index in [0.717, 1.165) is 24.9 Å². The van der Waals surface area contributed by atoms with Crippen LogP contribution in [-0.2, 0) is 16.0 Å². The van der Waals surface area contributed by atoms with Crippen LogP contribution in [0, 0.1) is 0 Å². The van der Waals surface area contributed by atoms with Gasteiger partial charge in [-0.1, -0.05) is 19.1 Å². The van der Waals surface area contributed by atoms with Crippen LogP contribution in [0.4, 0.5) is 5.69 Å². The van der Waals surface area contributed by atoms with Crippen molar-refractivity contribution in [2.45, 2.75) is 45.6 Å². The van der Waals surface area contributed by atoms with Crippen molar-refractivity contribution < 1.29 is 9.59 Å². The number of rotatable bonds is 6. The molecular weight excluding hydrogens is 252 g/mol. The Morgan fingerprint density at radius 3 is 2.40 bits per heavy atom. The minimum absolute atomic E-state index is 0.0406. The van der Waals surface area contributed by atoms with Gasteiger partial charge in [0.1, 0.15) is 0 Å².